The molecule has 1 heterocycles. The molecule has 0 unspecified atom stereocenters. The molecule has 0 saturated carbocycles. The average molecular weight is 318 g/mol. The number of hydrogen-bond acceptors (Lipinski definition) is 3. The van der Waals surface area contributed by atoms with Crippen LogP contribution in [0.5, 0.6) is 0 Å². The van der Waals surface area contributed by atoms with Gasteiger partial charge in [-0.1, -0.05) is 50.7 Å². The Morgan fingerprint density at radius 3 is 2.27 bits per heavy atom. The Kier molecular flexibility index (Phi) is 3.98. The van der Waals surface area contributed by atoms with Crippen LogP contribution in [-0.4, -0.2) is 27.0 Å². The molecule has 22 heavy (non-hydrogen) atoms. The van der Waals surface area contributed by atoms with Gasteiger partial charge in [-0.15, -0.1) is 0 Å². The molecular weight excluding hydrogens is 292 g/mol. The summed E-state index contributed by atoms with van der Waals surface area (Å²) in [5.74, 6) is -0.0304. The summed E-state index contributed by atoms with van der Waals surface area (Å²) >= 11 is 0. The fourth-order valence-corrected chi connectivity index (χ4v) is 4.95. The molecular formula is C17H26N2O2Si. The molecule has 0 bridgehead atoms. The van der Waals surface area contributed by atoms with Gasteiger partial charge in [0.25, 0.3) is 5.91 Å². The van der Waals surface area contributed by atoms with Crippen molar-refractivity contribution in [3.05, 3.63) is 28.8 Å². The molecule has 0 atom stereocenters. The summed E-state index contributed by atoms with van der Waals surface area (Å²) in [5, 5.41) is 4.08. The molecule has 4 nitrogen and oxygen atoms in total. The third-order valence-corrected chi connectivity index (χ3v) is 10.1. The minimum absolute atomic E-state index is 0.0304. The molecule has 0 fully saturated rings. The van der Waals surface area contributed by atoms with E-state index >= 15 is 0 Å². The fourth-order valence-electron chi connectivity index (χ4n) is 2.81. The molecule has 1 aliphatic heterocycles. The number of benzene rings is 1. The molecule has 1 aliphatic rings. The van der Waals surface area contributed by atoms with Crippen LogP contribution in [0, 0.1) is 13.8 Å². The highest BCUT2D eigenvalue weighted by Gasteiger charge is 2.50. The molecule has 0 aromatic heterocycles. The number of carbonyl (C=O) groups is 1. The first kappa shape index (κ1) is 16.7. The highest BCUT2D eigenvalue weighted by molar-refractivity contribution is 6.90. The third kappa shape index (κ3) is 2.37. The van der Waals surface area contributed by atoms with Gasteiger partial charge >= 0.3 is 0 Å². The van der Waals surface area contributed by atoms with Crippen molar-refractivity contribution >= 4 is 25.5 Å². The van der Waals surface area contributed by atoms with Crippen molar-refractivity contribution < 1.29 is 9.63 Å². The first-order valence-corrected chi connectivity index (χ1v) is 10.5. The lowest BCUT2D eigenvalue weighted by molar-refractivity contribution is -0.111. The molecule has 2 rings (SSSR count). The van der Waals surface area contributed by atoms with E-state index < -0.39 is 8.24 Å². The van der Waals surface area contributed by atoms with E-state index in [2.05, 4.69) is 52.0 Å². The summed E-state index contributed by atoms with van der Waals surface area (Å²) in [6, 6.07) is 4.16. The predicted octanol–water partition coefficient (Wildman–Crippen LogP) is 4.01. The van der Waals surface area contributed by atoms with Gasteiger partial charge in [0.1, 0.15) is 7.11 Å². The number of rotatable bonds is 2. The monoisotopic (exact) mass is 318 g/mol. The number of hydrogen-bond donors (Lipinski definition) is 0. The van der Waals surface area contributed by atoms with Gasteiger partial charge in [0, 0.05) is 11.3 Å². The Bertz CT molecular complexity index is 657. The van der Waals surface area contributed by atoms with Crippen LogP contribution in [0.3, 0.4) is 0 Å². The Balaban J connectivity index is 2.76. The minimum Gasteiger partial charge on any atom is -0.398 e. The lowest BCUT2D eigenvalue weighted by atomic mass is 10.0. The summed E-state index contributed by atoms with van der Waals surface area (Å²) in [6.07, 6.45) is 0. The van der Waals surface area contributed by atoms with Crippen LogP contribution in [-0.2, 0) is 9.63 Å². The first-order chi connectivity index (χ1) is 10.0. The third-order valence-electron chi connectivity index (χ3n) is 4.91. The first-order valence-electron chi connectivity index (χ1n) is 7.59. The molecule has 0 radical (unpaired) electrons. The molecule has 5 heteroatoms. The molecule has 0 saturated heterocycles. The zero-order chi connectivity index (χ0) is 16.9. The van der Waals surface area contributed by atoms with Crippen molar-refractivity contribution in [2.75, 3.05) is 11.7 Å². The van der Waals surface area contributed by atoms with Gasteiger partial charge in [0.2, 0.25) is 0 Å². The van der Waals surface area contributed by atoms with Crippen molar-refractivity contribution in [3.63, 3.8) is 0 Å². The normalized spacial score (nSPS) is 17.2. The summed E-state index contributed by atoms with van der Waals surface area (Å²) in [4.78, 5) is 18.0. The maximum atomic E-state index is 13.1. The lowest BCUT2D eigenvalue weighted by Gasteiger charge is -2.44. The summed E-state index contributed by atoms with van der Waals surface area (Å²) in [5.41, 5.74) is 4.58. The topological polar surface area (TPSA) is 41.9 Å². The van der Waals surface area contributed by atoms with Crippen molar-refractivity contribution in [2.24, 2.45) is 5.16 Å². The zero-order valence-corrected chi connectivity index (χ0v) is 15.9. The summed E-state index contributed by atoms with van der Waals surface area (Å²) in [6.45, 7) is 15.2. The SMILES string of the molecule is CO/N=C1\C(=O)N([Si](C)(C)C(C)(C)C)c2c(C)cc(C)cc21. The lowest BCUT2D eigenvalue weighted by Crippen LogP contribution is -2.57. The van der Waals surface area contributed by atoms with Crippen LogP contribution >= 0.6 is 0 Å². The van der Waals surface area contributed by atoms with E-state index in [1.54, 1.807) is 0 Å². The Hall–Kier alpha value is -1.62. The van der Waals surface area contributed by atoms with E-state index in [4.69, 9.17) is 4.84 Å². The number of fused-ring (bicyclic) bond motifs is 1. The van der Waals surface area contributed by atoms with E-state index in [1.807, 2.05) is 17.6 Å². The highest BCUT2D eigenvalue weighted by atomic mass is 28.3. The van der Waals surface area contributed by atoms with Gasteiger partial charge in [-0.2, -0.15) is 0 Å². The summed E-state index contributed by atoms with van der Waals surface area (Å²) < 4.78 is 2.02. The molecule has 1 aromatic rings. The van der Waals surface area contributed by atoms with E-state index in [9.17, 15) is 4.79 Å². The molecule has 0 N–H and O–H groups in total. The molecule has 1 aromatic carbocycles. The van der Waals surface area contributed by atoms with Crippen molar-refractivity contribution in [3.8, 4) is 0 Å². The molecule has 0 aliphatic carbocycles. The maximum absolute atomic E-state index is 13.1. The van der Waals surface area contributed by atoms with Crippen molar-refractivity contribution in [2.45, 2.75) is 52.8 Å². The van der Waals surface area contributed by atoms with Crippen LogP contribution in [0.15, 0.2) is 17.3 Å². The Morgan fingerprint density at radius 1 is 1.18 bits per heavy atom. The van der Waals surface area contributed by atoms with Gasteiger partial charge in [0.05, 0.1) is 0 Å². The van der Waals surface area contributed by atoms with Crippen LogP contribution in [0.2, 0.25) is 18.1 Å². The second kappa shape index (κ2) is 5.23. The molecule has 1 amide bonds. The van der Waals surface area contributed by atoms with Crippen LogP contribution < -0.4 is 4.57 Å². The number of oxime groups is 1. The quantitative estimate of drug-likeness (QED) is 0.611. The van der Waals surface area contributed by atoms with E-state index in [0.717, 1.165) is 22.4 Å². The largest absolute Gasteiger partial charge is 0.398 e. The van der Waals surface area contributed by atoms with Gasteiger partial charge in [0.15, 0.2) is 13.9 Å². The number of anilines is 1. The number of amides is 1. The average Bonchev–Trinajstić information content (AvgIpc) is 2.63. The van der Waals surface area contributed by atoms with Crippen LogP contribution in [0.1, 0.15) is 37.5 Å². The Labute approximate surface area is 134 Å². The van der Waals surface area contributed by atoms with Crippen LogP contribution in [0.25, 0.3) is 0 Å². The second-order valence-corrected chi connectivity index (χ2v) is 12.6. The standard InChI is InChI=1S/C17H26N2O2Si/c1-11-9-12(2)15-13(10-11)14(18-21-6)16(20)19(15)22(7,8)17(3,4)5/h9-10H,1-8H3/b18-14-. The van der Waals surface area contributed by atoms with E-state index in [1.165, 1.54) is 7.11 Å². The van der Waals surface area contributed by atoms with Crippen molar-refractivity contribution in [1.29, 1.82) is 0 Å². The molecule has 120 valence electrons. The smallest absolute Gasteiger partial charge is 0.273 e. The van der Waals surface area contributed by atoms with Gasteiger partial charge in [-0.05, 0) is 30.5 Å². The van der Waals surface area contributed by atoms with Gasteiger partial charge in [-0.3, -0.25) is 4.79 Å². The second-order valence-electron chi connectivity index (χ2n) is 7.55. The van der Waals surface area contributed by atoms with E-state index in [-0.39, 0.29) is 10.9 Å². The number of carbonyl (C=O) groups excluding carboxylic acids is 1. The van der Waals surface area contributed by atoms with Crippen molar-refractivity contribution in [1.82, 2.24) is 0 Å². The number of nitrogens with zero attached hydrogens (tertiary/aromatic N) is 2. The van der Waals surface area contributed by atoms with E-state index in [0.29, 0.717) is 5.71 Å². The number of aryl methyl sites for hydroxylation is 2. The summed E-state index contributed by atoms with van der Waals surface area (Å²) in [7, 11) is -0.575. The maximum Gasteiger partial charge on any atom is 0.273 e. The van der Waals surface area contributed by atoms with Gasteiger partial charge in [-0.25, -0.2) is 0 Å². The highest BCUT2D eigenvalue weighted by Crippen LogP contribution is 2.45. The minimum atomic E-state index is -2.06. The van der Waals surface area contributed by atoms with Gasteiger partial charge < -0.3 is 9.40 Å². The van der Waals surface area contributed by atoms with Crippen LogP contribution in [0.4, 0.5) is 5.69 Å². The fraction of sp³-hybridized carbons (Fsp3) is 0.529. The Morgan fingerprint density at radius 2 is 1.77 bits per heavy atom. The predicted molar refractivity (Wildman–Crippen MR) is 94.1 cm³/mol. The molecule has 0 spiro atoms. The zero-order valence-electron chi connectivity index (χ0n) is 14.9.